The molecule has 1 aliphatic heterocycles. The number of piperazine rings is 1. The molecule has 2 aromatic heterocycles. The Kier molecular flexibility index (Phi) is 5.12. The van der Waals surface area contributed by atoms with Gasteiger partial charge in [-0.2, -0.15) is 0 Å². The van der Waals surface area contributed by atoms with Gasteiger partial charge in [-0.15, -0.1) is 0 Å². The molecular weight excluding hydrogens is 384 g/mol. The maximum Gasteiger partial charge on any atom is 0.220 e. The Morgan fingerprint density at radius 1 is 0.871 bits per heavy atom. The molecule has 4 aromatic rings. The fourth-order valence-electron chi connectivity index (χ4n) is 4.36. The normalized spacial score (nSPS) is 15.4. The van der Waals surface area contributed by atoms with Crippen molar-refractivity contribution in [3.05, 3.63) is 77.4 Å². The van der Waals surface area contributed by atoms with Crippen LogP contribution < -0.4 is 4.90 Å². The van der Waals surface area contributed by atoms with Crippen molar-refractivity contribution in [1.82, 2.24) is 14.5 Å². The molecule has 0 saturated carbocycles. The lowest BCUT2D eigenvalue weighted by Gasteiger charge is -2.33. The van der Waals surface area contributed by atoms with Crippen LogP contribution in [0.5, 0.6) is 0 Å². The maximum atomic E-state index is 5.98. The Labute approximate surface area is 183 Å². The lowest BCUT2D eigenvalue weighted by atomic mass is 10.2. The van der Waals surface area contributed by atoms with Crippen LogP contribution in [0.2, 0.25) is 0 Å². The van der Waals surface area contributed by atoms with Gasteiger partial charge in [-0.1, -0.05) is 18.2 Å². The number of nitrogens with zero attached hydrogens (tertiary/aromatic N) is 4. The molecule has 3 heterocycles. The van der Waals surface area contributed by atoms with Gasteiger partial charge in [0.15, 0.2) is 5.58 Å². The highest BCUT2D eigenvalue weighted by atomic mass is 16.3. The SMILES string of the molecule is Cc1cc(C=Cc2nc3cc(N4CCN(C)CC4)ccc3o2)c(C)n1-c1ccccc1. The second-order valence-corrected chi connectivity index (χ2v) is 8.33. The second-order valence-electron chi connectivity index (χ2n) is 8.33. The highest BCUT2D eigenvalue weighted by Gasteiger charge is 2.15. The van der Waals surface area contributed by atoms with Gasteiger partial charge in [0, 0.05) is 55.0 Å². The summed E-state index contributed by atoms with van der Waals surface area (Å²) in [5, 5.41) is 0. The summed E-state index contributed by atoms with van der Waals surface area (Å²) in [6.45, 7) is 8.55. The number of anilines is 1. The van der Waals surface area contributed by atoms with E-state index in [1.54, 1.807) is 0 Å². The lowest BCUT2D eigenvalue weighted by molar-refractivity contribution is 0.313. The molecule has 158 valence electrons. The van der Waals surface area contributed by atoms with Gasteiger partial charge >= 0.3 is 0 Å². The number of likely N-dealkylation sites (N-methyl/N-ethyl adjacent to an activating group) is 1. The summed E-state index contributed by atoms with van der Waals surface area (Å²) in [4.78, 5) is 9.50. The Morgan fingerprint density at radius 2 is 1.65 bits per heavy atom. The fraction of sp³-hybridized carbons (Fsp3) is 0.269. The van der Waals surface area contributed by atoms with Crippen LogP contribution >= 0.6 is 0 Å². The monoisotopic (exact) mass is 412 g/mol. The van der Waals surface area contributed by atoms with E-state index in [0.717, 1.165) is 37.3 Å². The van der Waals surface area contributed by atoms with Gasteiger partial charge in [-0.3, -0.25) is 0 Å². The van der Waals surface area contributed by atoms with Gasteiger partial charge in [-0.05, 0) is 68.9 Å². The van der Waals surface area contributed by atoms with Crippen molar-refractivity contribution >= 4 is 28.9 Å². The van der Waals surface area contributed by atoms with Crippen molar-refractivity contribution in [2.75, 3.05) is 38.1 Å². The summed E-state index contributed by atoms with van der Waals surface area (Å²) in [6.07, 6.45) is 4.06. The number of fused-ring (bicyclic) bond motifs is 1. The van der Waals surface area contributed by atoms with Crippen LogP contribution in [0.1, 0.15) is 22.8 Å². The molecule has 0 spiro atoms. The summed E-state index contributed by atoms with van der Waals surface area (Å²) >= 11 is 0. The van der Waals surface area contributed by atoms with Crippen LogP contribution in [-0.4, -0.2) is 47.7 Å². The topological polar surface area (TPSA) is 37.4 Å². The quantitative estimate of drug-likeness (QED) is 0.464. The van der Waals surface area contributed by atoms with Gasteiger partial charge in [-0.25, -0.2) is 4.98 Å². The minimum atomic E-state index is 0.634. The third kappa shape index (κ3) is 3.89. The molecule has 0 N–H and O–H groups in total. The number of benzene rings is 2. The zero-order valence-corrected chi connectivity index (χ0v) is 18.4. The van der Waals surface area contributed by atoms with Crippen molar-refractivity contribution < 1.29 is 4.42 Å². The minimum absolute atomic E-state index is 0.634. The number of hydrogen-bond donors (Lipinski definition) is 0. The molecule has 0 radical (unpaired) electrons. The van der Waals surface area contributed by atoms with Crippen molar-refractivity contribution in [1.29, 1.82) is 0 Å². The summed E-state index contributed by atoms with van der Waals surface area (Å²) in [6, 6.07) is 19.0. The summed E-state index contributed by atoms with van der Waals surface area (Å²) in [5.74, 6) is 0.634. The van der Waals surface area contributed by atoms with Crippen molar-refractivity contribution in [3.8, 4) is 5.69 Å². The smallest absolute Gasteiger partial charge is 0.220 e. The fourth-order valence-corrected chi connectivity index (χ4v) is 4.36. The number of hydrogen-bond acceptors (Lipinski definition) is 4. The number of aromatic nitrogens is 2. The van der Waals surface area contributed by atoms with E-state index in [-0.39, 0.29) is 0 Å². The van der Waals surface area contributed by atoms with Crippen molar-refractivity contribution in [3.63, 3.8) is 0 Å². The Bertz CT molecular complexity index is 1230. The van der Waals surface area contributed by atoms with Crippen LogP contribution in [0.3, 0.4) is 0 Å². The molecule has 1 fully saturated rings. The van der Waals surface area contributed by atoms with Crippen LogP contribution in [0.15, 0.2) is 59.0 Å². The van der Waals surface area contributed by atoms with E-state index in [9.17, 15) is 0 Å². The van der Waals surface area contributed by atoms with E-state index in [1.165, 1.54) is 28.3 Å². The maximum absolute atomic E-state index is 5.98. The van der Waals surface area contributed by atoms with Gasteiger partial charge in [0.2, 0.25) is 5.89 Å². The molecule has 0 amide bonds. The average Bonchev–Trinajstić information content (AvgIpc) is 3.32. The standard InChI is InChI=1S/C26H28N4O/c1-19-17-21(20(2)30(19)22-7-5-4-6-8-22)9-12-26-27-24-18-23(10-11-25(24)31-26)29-15-13-28(3)14-16-29/h4-12,17-18H,13-16H2,1-3H3. The number of aryl methyl sites for hydroxylation is 1. The Morgan fingerprint density at radius 3 is 2.42 bits per heavy atom. The predicted octanol–water partition coefficient (Wildman–Crippen LogP) is 5.16. The third-order valence-electron chi connectivity index (χ3n) is 6.15. The van der Waals surface area contributed by atoms with Gasteiger partial charge in [0.05, 0.1) is 0 Å². The van der Waals surface area contributed by atoms with Gasteiger partial charge in [0.1, 0.15) is 5.52 Å². The average molecular weight is 413 g/mol. The lowest BCUT2D eigenvalue weighted by Crippen LogP contribution is -2.44. The van der Waals surface area contributed by atoms with Crippen molar-refractivity contribution in [2.45, 2.75) is 13.8 Å². The molecule has 5 heteroatoms. The highest BCUT2D eigenvalue weighted by molar-refractivity contribution is 5.80. The first kappa shape index (κ1) is 19.6. The molecule has 1 saturated heterocycles. The van der Waals surface area contributed by atoms with Crippen LogP contribution in [0.4, 0.5) is 5.69 Å². The van der Waals surface area contributed by atoms with Crippen LogP contribution in [0.25, 0.3) is 28.9 Å². The number of rotatable bonds is 4. The Balaban J connectivity index is 1.39. The largest absolute Gasteiger partial charge is 0.437 e. The summed E-state index contributed by atoms with van der Waals surface area (Å²) in [5.41, 5.74) is 7.71. The van der Waals surface area contributed by atoms with E-state index in [1.807, 2.05) is 18.2 Å². The van der Waals surface area contributed by atoms with E-state index in [4.69, 9.17) is 9.40 Å². The molecule has 0 aliphatic carbocycles. The molecule has 5 nitrogen and oxygen atoms in total. The molecule has 0 bridgehead atoms. The van der Waals surface area contributed by atoms with E-state index >= 15 is 0 Å². The van der Waals surface area contributed by atoms with Crippen LogP contribution in [0, 0.1) is 13.8 Å². The number of oxazole rings is 1. The van der Waals surface area contributed by atoms with E-state index < -0.39 is 0 Å². The first-order chi connectivity index (χ1) is 15.1. The molecule has 0 unspecified atom stereocenters. The van der Waals surface area contributed by atoms with E-state index in [0.29, 0.717) is 5.89 Å². The molecule has 5 rings (SSSR count). The zero-order chi connectivity index (χ0) is 21.4. The van der Waals surface area contributed by atoms with Gasteiger partial charge < -0.3 is 18.8 Å². The molecule has 31 heavy (non-hydrogen) atoms. The van der Waals surface area contributed by atoms with E-state index in [2.05, 4.69) is 83.8 Å². The third-order valence-corrected chi connectivity index (χ3v) is 6.15. The minimum Gasteiger partial charge on any atom is -0.437 e. The molecule has 2 aromatic carbocycles. The second kappa shape index (κ2) is 8.08. The molecular formula is C26H28N4O. The summed E-state index contributed by atoms with van der Waals surface area (Å²) < 4.78 is 8.25. The highest BCUT2D eigenvalue weighted by Crippen LogP contribution is 2.26. The molecule has 1 aliphatic rings. The van der Waals surface area contributed by atoms with Gasteiger partial charge in [0.25, 0.3) is 0 Å². The Hall–Kier alpha value is -3.31. The zero-order valence-electron chi connectivity index (χ0n) is 18.4. The summed E-state index contributed by atoms with van der Waals surface area (Å²) in [7, 11) is 2.17. The molecule has 0 atom stereocenters. The first-order valence-electron chi connectivity index (χ1n) is 10.8. The first-order valence-corrected chi connectivity index (χ1v) is 10.8. The van der Waals surface area contributed by atoms with Crippen LogP contribution in [-0.2, 0) is 0 Å². The van der Waals surface area contributed by atoms with Crippen molar-refractivity contribution in [2.24, 2.45) is 0 Å². The number of para-hydroxylation sites is 1. The predicted molar refractivity (Wildman–Crippen MR) is 128 cm³/mol.